The highest BCUT2D eigenvalue weighted by Gasteiger charge is 2.06. The number of rotatable bonds is 10. The lowest BCUT2D eigenvalue weighted by atomic mass is 9.98. The van der Waals surface area contributed by atoms with E-state index >= 15 is 0 Å². The summed E-state index contributed by atoms with van der Waals surface area (Å²) in [5.74, 6) is 2.24. The molecule has 1 aromatic heterocycles. The van der Waals surface area contributed by atoms with Gasteiger partial charge in [-0.05, 0) is 42.9 Å². The minimum absolute atomic E-state index is 0. The predicted molar refractivity (Wildman–Crippen MR) is 120 cm³/mol. The quantitative estimate of drug-likeness (QED) is 0.234. The molecular weight excluding hydrogens is 455 g/mol. The number of guanidine groups is 1. The summed E-state index contributed by atoms with van der Waals surface area (Å²) in [6.45, 7) is 4.97. The first kappa shape index (κ1) is 23.2. The lowest BCUT2D eigenvalue weighted by Gasteiger charge is -2.15. The van der Waals surface area contributed by atoms with Crippen molar-refractivity contribution >= 4 is 29.9 Å². The number of aliphatic imine (C=N–C) groups is 1. The fourth-order valence-electron chi connectivity index (χ4n) is 2.69. The summed E-state index contributed by atoms with van der Waals surface area (Å²) in [6, 6.07) is 8.29. The third kappa shape index (κ3) is 8.59. The fourth-order valence-corrected chi connectivity index (χ4v) is 2.69. The minimum Gasteiger partial charge on any atom is -0.497 e. The summed E-state index contributed by atoms with van der Waals surface area (Å²) >= 11 is 0. The van der Waals surface area contributed by atoms with Crippen molar-refractivity contribution in [1.29, 1.82) is 0 Å². The maximum atomic E-state index is 5.21. The molecule has 0 amide bonds. The van der Waals surface area contributed by atoms with Gasteiger partial charge in [0.05, 0.1) is 7.11 Å². The van der Waals surface area contributed by atoms with Crippen LogP contribution in [0.15, 0.2) is 41.9 Å². The molecule has 0 fully saturated rings. The van der Waals surface area contributed by atoms with Crippen molar-refractivity contribution in [2.45, 2.75) is 38.6 Å². The molecule has 2 aromatic rings. The molecule has 0 aliphatic rings. The van der Waals surface area contributed by atoms with Gasteiger partial charge in [-0.2, -0.15) is 0 Å². The standard InChI is InChI=1S/C19H30N6O.HI/c1-16(17-6-8-18(26-3)9-7-17)10-12-22-19(20-2)21-11-4-5-13-25-14-23-24-15-25;/h6-9,14-16H,4-5,10-13H2,1-3H3,(H2,20,21,22);1H. The first-order valence-electron chi connectivity index (χ1n) is 9.13. The van der Waals surface area contributed by atoms with Crippen molar-refractivity contribution < 1.29 is 4.74 Å². The van der Waals surface area contributed by atoms with Crippen LogP contribution < -0.4 is 15.4 Å². The summed E-state index contributed by atoms with van der Waals surface area (Å²) in [5, 5.41) is 14.4. The van der Waals surface area contributed by atoms with E-state index in [1.807, 2.05) is 16.7 Å². The Kier molecular flexibility index (Phi) is 11.5. The van der Waals surface area contributed by atoms with Crippen LogP contribution in [0, 0.1) is 0 Å². The van der Waals surface area contributed by atoms with E-state index < -0.39 is 0 Å². The predicted octanol–water partition coefficient (Wildman–Crippen LogP) is 3.04. The molecule has 27 heavy (non-hydrogen) atoms. The van der Waals surface area contributed by atoms with E-state index in [4.69, 9.17) is 4.74 Å². The van der Waals surface area contributed by atoms with Crippen molar-refractivity contribution in [2.24, 2.45) is 4.99 Å². The lowest BCUT2D eigenvalue weighted by Crippen LogP contribution is -2.38. The van der Waals surface area contributed by atoms with Crippen LogP contribution >= 0.6 is 24.0 Å². The van der Waals surface area contributed by atoms with Gasteiger partial charge in [-0.1, -0.05) is 19.1 Å². The highest BCUT2D eigenvalue weighted by molar-refractivity contribution is 14.0. The van der Waals surface area contributed by atoms with Gasteiger partial charge in [0.25, 0.3) is 0 Å². The number of benzene rings is 1. The second-order valence-corrected chi connectivity index (χ2v) is 6.30. The zero-order chi connectivity index (χ0) is 18.6. The van der Waals surface area contributed by atoms with E-state index in [-0.39, 0.29) is 24.0 Å². The van der Waals surface area contributed by atoms with E-state index in [0.29, 0.717) is 5.92 Å². The molecule has 2 rings (SSSR count). The van der Waals surface area contributed by atoms with E-state index in [2.05, 4.69) is 44.9 Å². The fraction of sp³-hybridized carbons (Fsp3) is 0.526. The van der Waals surface area contributed by atoms with Crippen LogP contribution in [0.2, 0.25) is 0 Å². The molecule has 0 aliphatic heterocycles. The molecule has 1 aromatic carbocycles. The normalized spacial score (nSPS) is 12.2. The van der Waals surface area contributed by atoms with Crippen molar-refractivity contribution in [3.05, 3.63) is 42.5 Å². The Balaban J connectivity index is 0.00000364. The van der Waals surface area contributed by atoms with Gasteiger partial charge in [-0.3, -0.25) is 4.99 Å². The second-order valence-electron chi connectivity index (χ2n) is 6.30. The summed E-state index contributed by atoms with van der Waals surface area (Å²) in [5.41, 5.74) is 1.32. The van der Waals surface area contributed by atoms with E-state index in [0.717, 1.165) is 50.6 Å². The van der Waals surface area contributed by atoms with Gasteiger partial charge in [0.2, 0.25) is 0 Å². The van der Waals surface area contributed by atoms with Gasteiger partial charge < -0.3 is 19.9 Å². The summed E-state index contributed by atoms with van der Waals surface area (Å²) in [4.78, 5) is 4.28. The molecule has 0 saturated heterocycles. The van der Waals surface area contributed by atoms with E-state index in [1.54, 1.807) is 26.8 Å². The Labute approximate surface area is 179 Å². The van der Waals surface area contributed by atoms with Crippen LogP contribution in [0.4, 0.5) is 0 Å². The molecule has 0 spiro atoms. The minimum atomic E-state index is 0. The highest BCUT2D eigenvalue weighted by Crippen LogP contribution is 2.21. The first-order chi connectivity index (χ1) is 12.7. The van der Waals surface area contributed by atoms with Crippen LogP contribution in [0.25, 0.3) is 0 Å². The maximum absolute atomic E-state index is 5.21. The van der Waals surface area contributed by atoms with Crippen molar-refractivity contribution in [3.63, 3.8) is 0 Å². The van der Waals surface area contributed by atoms with Crippen molar-refractivity contribution in [2.75, 3.05) is 27.2 Å². The maximum Gasteiger partial charge on any atom is 0.190 e. The summed E-state index contributed by atoms with van der Waals surface area (Å²) in [6.07, 6.45) is 6.69. The number of methoxy groups -OCH3 is 1. The van der Waals surface area contributed by atoms with Crippen LogP contribution in [-0.4, -0.2) is 48.0 Å². The SMILES string of the molecule is CN=C(NCCCCn1cnnc1)NCCC(C)c1ccc(OC)cc1.I. The number of hydrogen-bond donors (Lipinski definition) is 2. The molecule has 8 heteroatoms. The molecule has 150 valence electrons. The monoisotopic (exact) mass is 486 g/mol. The van der Waals surface area contributed by atoms with Gasteiger partial charge >= 0.3 is 0 Å². The van der Waals surface area contributed by atoms with E-state index in [9.17, 15) is 0 Å². The molecule has 0 radical (unpaired) electrons. The molecule has 1 unspecified atom stereocenters. The number of hydrogen-bond acceptors (Lipinski definition) is 4. The Morgan fingerprint density at radius 3 is 2.41 bits per heavy atom. The Hall–Kier alpha value is -1.84. The largest absolute Gasteiger partial charge is 0.497 e. The van der Waals surface area contributed by atoms with Crippen LogP contribution in [0.3, 0.4) is 0 Å². The number of aryl methyl sites for hydroxylation is 1. The molecule has 1 heterocycles. The number of aromatic nitrogens is 3. The Morgan fingerprint density at radius 2 is 1.78 bits per heavy atom. The molecule has 0 saturated carbocycles. The average Bonchev–Trinajstić information content (AvgIpc) is 3.19. The van der Waals surface area contributed by atoms with Crippen molar-refractivity contribution in [3.8, 4) is 5.75 Å². The third-order valence-corrected chi connectivity index (χ3v) is 4.38. The number of unbranched alkanes of at least 4 members (excludes halogenated alkanes) is 1. The van der Waals surface area contributed by atoms with Gasteiger partial charge in [0.15, 0.2) is 5.96 Å². The van der Waals surface area contributed by atoms with Crippen LogP contribution in [-0.2, 0) is 6.54 Å². The van der Waals surface area contributed by atoms with Gasteiger partial charge in [0.1, 0.15) is 18.4 Å². The zero-order valence-electron chi connectivity index (χ0n) is 16.4. The Bertz CT molecular complexity index is 645. The van der Waals surface area contributed by atoms with Gasteiger partial charge in [-0.15, -0.1) is 34.2 Å². The van der Waals surface area contributed by atoms with Gasteiger partial charge in [-0.25, -0.2) is 0 Å². The highest BCUT2D eigenvalue weighted by atomic mass is 127. The average molecular weight is 486 g/mol. The summed E-state index contributed by atoms with van der Waals surface area (Å²) in [7, 11) is 3.50. The molecule has 7 nitrogen and oxygen atoms in total. The van der Waals surface area contributed by atoms with Crippen LogP contribution in [0.1, 0.15) is 37.7 Å². The third-order valence-electron chi connectivity index (χ3n) is 4.38. The number of ether oxygens (including phenoxy) is 1. The molecular formula is C19H31IN6O. The van der Waals surface area contributed by atoms with Gasteiger partial charge in [0, 0.05) is 26.7 Å². The van der Waals surface area contributed by atoms with E-state index in [1.165, 1.54) is 5.56 Å². The Morgan fingerprint density at radius 1 is 1.11 bits per heavy atom. The van der Waals surface area contributed by atoms with Crippen molar-refractivity contribution in [1.82, 2.24) is 25.4 Å². The number of nitrogens with one attached hydrogen (secondary N) is 2. The number of nitrogens with zero attached hydrogens (tertiary/aromatic N) is 4. The second kappa shape index (κ2) is 13.3. The smallest absolute Gasteiger partial charge is 0.190 e. The zero-order valence-corrected chi connectivity index (χ0v) is 18.7. The molecule has 1 atom stereocenters. The molecule has 0 aliphatic carbocycles. The first-order valence-corrected chi connectivity index (χ1v) is 9.13. The number of halogens is 1. The molecule has 0 bridgehead atoms. The lowest BCUT2D eigenvalue weighted by molar-refractivity contribution is 0.414. The van der Waals surface area contributed by atoms with Crippen LogP contribution in [0.5, 0.6) is 5.75 Å². The summed E-state index contributed by atoms with van der Waals surface area (Å²) < 4.78 is 7.20. The molecule has 2 N–H and O–H groups in total. The topological polar surface area (TPSA) is 76.4 Å².